The SMILES string of the molecule is O=C(Cn1cc(/C=C2\SC(=O)N(CC(=O)N3CCOCC3)C2=O)c2ccccc21)NC1CC1. The Hall–Kier alpha value is -3.11. The normalized spacial score (nSPS) is 20.2. The summed E-state index contributed by atoms with van der Waals surface area (Å²) < 4.78 is 7.10. The fourth-order valence-corrected chi connectivity index (χ4v) is 4.83. The summed E-state index contributed by atoms with van der Waals surface area (Å²) in [6.45, 7) is 1.73. The lowest BCUT2D eigenvalue weighted by atomic mass is 10.1. The highest BCUT2D eigenvalue weighted by atomic mass is 32.2. The molecule has 1 N–H and O–H groups in total. The van der Waals surface area contributed by atoms with Gasteiger partial charge in [0.2, 0.25) is 11.8 Å². The van der Waals surface area contributed by atoms with Crippen LogP contribution in [0.15, 0.2) is 35.4 Å². The molecule has 9 nitrogen and oxygen atoms in total. The Balaban J connectivity index is 1.35. The number of morpholine rings is 1. The average molecular weight is 469 g/mol. The van der Waals surface area contributed by atoms with Gasteiger partial charge in [-0.3, -0.25) is 24.1 Å². The van der Waals surface area contributed by atoms with Gasteiger partial charge in [0.15, 0.2) is 0 Å². The monoisotopic (exact) mass is 468 g/mol. The molecule has 1 aromatic carbocycles. The first-order chi connectivity index (χ1) is 16.0. The highest BCUT2D eigenvalue weighted by Gasteiger charge is 2.37. The predicted molar refractivity (Wildman–Crippen MR) is 123 cm³/mol. The van der Waals surface area contributed by atoms with E-state index in [1.54, 1.807) is 11.0 Å². The van der Waals surface area contributed by atoms with Crippen LogP contribution in [0.1, 0.15) is 18.4 Å². The number of hydrogen-bond acceptors (Lipinski definition) is 6. The van der Waals surface area contributed by atoms with E-state index in [4.69, 9.17) is 4.74 Å². The van der Waals surface area contributed by atoms with Crippen molar-refractivity contribution in [3.63, 3.8) is 0 Å². The van der Waals surface area contributed by atoms with E-state index in [0.29, 0.717) is 26.3 Å². The third-order valence-electron chi connectivity index (χ3n) is 5.89. The van der Waals surface area contributed by atoms with E-state index in [2.05, 4.69) is 5.32 Å². The number of fused-ring (bicyclic) bond motifs is 1. The smallest absolute Gasteiger partial charge is 0.294 e. The van der Waals surface area contributed by atoms with Crippen LogP contribution in [0.4, 0.5) is 4.79 Å². The second kappa shape index (κ2) is 9.03. The van der Waals surface area contributed by atoms with Crippen LogP contribution in [0.25, 0.3) is 17.0 Å². The van der Waals surface area contributed by atoms with Crippen LogP contribution in [0.3, 0.4) is 0 Å². The molecule has 1 aromatic heterocycles. The number of hydrogen-bond donors (Lipinski definition) is 1. The van der Waals surface area contributed by atoms with Crippen LogP contribution < -0.4 is 5.32 Å². The van der Waals surface area contributed by atoms with E-state index in [9.17, 15) is 19.2 Å². The van der Waals surface area contributed by atoms with E-state index in [-0.39, 0.29) is 35.9 Å². The Morgan fingerprint density at radius 3 is 2.64 bits per heavy atom. The minimum atomic E-state index is -0.477. The zero-order valence-corrected chi connectivity index (χ0v) is 18.8. The van der Waals surface area contributed by atoms with Crippen LogP contribution >= 0.6 is 11.8 Å². The average Bonchev–Trinajstić information content (AvgIpc) is 3.52. The first-order valence-electron chi connectivity index (χ1n) is 11.0. The van der Waals surface area contributed by atoms with Crippen LogP contribution in [0, 0.1) is 0 Å². The number of imide groups is 1. The van der Waals surface area contributed by atoms with Gasteiger partial charge in [-0.25, -0.2) is 0 Å². The molecule has 4 amide bonds. The lowest BCUT2D eigenvalue weighted by Crippen LogP contribution is -2.46. The molecule has 2 saturated heterocycles. The van der Waals surface area contributed by atoms with Crippen molar-refractivity contribution in [3.8, 4) is 0 Å². The second-order valence-electron chi connectivity index (χ2n) is 8.33. The van der Waals surface area contributed by atoms with E-state index in [1.807, 2.05) is 35.0 Å². The summed E-state index contributed by atoms with van der Waals surface area (Å²) in [5.41, 5.74) is 1.62. The maximum atomic E-state index is 12.9. The first-order valence-corrected chi connectivity index (χ1v) is 11.8. The Morgan fingerprint density at radius 1 is 1.12 bits per heavy atom. The number of ether oxygens (including phenoxy) is 1. The topological polar surface area (TPSA) is 101 Å². The maximum Gasteiger partial charge on any atom is 0.294 e. The van der Waals surface area contributed by atoms with Crippen molar-refractivity contribution < 1.29 is 23.9 Å². The summed E-state index contributed by atoms with van der Waals surface area (Å²) in [6.07, 6.45) is 5.53. The van der Waals surface area contributed by atoms with Gasteiger partial charge in [-0.15, -0.1) is 0 Å². The Bertz CT molecular complexity index is 1160. The molecule has 0 radical (unpaired) electrons. The van der Waals surface area contributed by atoms with Gasteiger partial charge in [0, 0.05) is 41.8 Å². The van der Waals surface area contributed by atoms with Crippen LogP contribution in [0.2, 0.25) is 0 Å². The molecule has 5 rings (SSSR count). The van der Waals surface area contributed by atoms with Crippen molar-refractivity contribution >= 4 is 51.7 Å². The van der Waals surface area contributed by atoms with Gasteiger partial charge in [0.05, 0.1) is 18.1 Å². The summed E-state index contributed by atoms with van der Waals surface area (Å²) in [7, 11) is 0. The summed E-state index contributed by atoms with van der Waals surface area (Å²) in [4.78, 5) is 53.2. The number of amides is 4. The highest BCUT2D eigenvalue weighted by molar-refractivity contribution is 8.18. The lowest BCUT2D eigenvalue weighted by molar-refractivity contribution is -0.139. The van der Waals surface area contributed by atoms with Crippen molar-refractivity contribution in [1.82, 2.24) is 19.7 Å². The van der Waals surface area contributed by atoms with E-state index < -0.39 is 11.1 Å². The number of carbonyl (C=O) groups is 4. The van der Waals surface area contributed by atoms with Crippen molar-refractivity contribution in [3.05, 3.63) is 40.9 Å². The molecule has 1 aliphatic carbocycles. The fourth-order valence-electron chi connectivity index (χ4n) is 4.00. The summed E-state index contributed by atoms with van der Waals surface area (Å²) >= 11 is 0.828. The van der Waals surface area contributed by atoms with Crippen LogP contribution in [-0.4, -0.2) is 76.2 Å². The second-order valence-corrected chi connectivity index (χ2v) is 9.33. The van der Waals surface area contributed by atoms with Gasteiger partial charge < -0.3 is 19.5 Å². The molecule has 2 aromatic rings. The van der Waals surface area contributed by atoms with Gasteiger partial charge in [-0.1, -0.05) is 18.2 Å². The minimum absolute atomic E-state index is 0.0493. The summed E-state index contributed by atoms with van der Waals surface area (Å²) in [6, 6.07) is 7.91. The standard InChI is InChI=1S/C23H24N4O5S/c28-20(24-16-5-6-16)13-26-12-15(17-3-1-2-4-18(17)26)11-19-22(30)27(23(31)33-19)14-21(29)25-7-9-32-10-8-25/h1-4,11-12,16H,5-10,13-14H2,(H,24,28)/b19-11-. The lowest BCUT2D eigenvalue weighted by Gasteiger charge is -2.28. The van der Waals surface area contributed by atoms with Crippen molar-refractivity contribution in [2.45, 2.75) is 25.4 Å². The highest BCUT2D eigenvalue weighted by Crippen LogP contribution is 2.34. The number of aromatic nitrogens is 1. The van der Waals surface area contributed by atoms with Gasteiger partial charge in [0.1, 0.15) is 13.1 Å². The zero-order chi connectivity index (χ0) is 22.9. The van der Waals surface area contributed by atoms with E-state index in [1.165, 1.54) is 0 Å². The Morgan fingerprint density at radius 2 is 1.88 bits per heavy atom. The van der Waals surface area contributed by atoms with Gasteiger partial charge in [-0.2, -0.15) is 0 Å². The molecule has 3 aliphatic rings. The quantitative estimate of drug-likeness (QED) is 0.649. The maximum absolute atomic E-state index is 12.9. The minimum Gasteiger partial charge on any atom is -0.378 e. The van der Waals surface area contributed by atoms with Gasteiger partial charge >= 0.3 is 0 Å². The molecule has 0 atom stereocenters. The molecule has 1 saturated carbocycles. The number of rotatable bonds is 6. The largest absolute Gasteiger partial charge is 0.378 e. The third kappa shape index (κ3) is 4.67. The van der Waals surface area contributed by atoms with Gasteiger partial charge in [-0.05, 0) is 36.7 Å². The zero-order valence-electron chi connectivity index (χ0n) is 18.0. The molecule has 33 heavy (non-hydrogen) atoms. The molecule has 3 fully saturated rings. The Kier molecular flexibility index (Phi) is 5.94. The molecule has 0 bridgehead atoms. The number of carbonyl (C=O) groups excluding carboxylic acids is 4. The molecular formula is C23H24N4O5S. The number of para-hydroxylation sites is 1. The van der Waals surface area contributed by atoms with Crippen LogP contribution in [-0.2, 0) is 25.7 Å². The molecule has 3 heterocycles. The third-order valence-corrected chi connectivity index (χ3v) is 6.80. The molecular weight excluding hydrogens is 444 g/mol. The van der Waals surface area contributed by atoms with E-state index in [0.717, 1.165) is 46.0 Å². The fraction of sp³-hybridized carbons (Fsp3) is 0.391. The molecule has 2 aliphatic heterocycles. The molecule has 10 heteroatoms. The van der Waals surface area contributed by atoms with Crippen molar-refractivity contribution in [2.75, 3.05) is 32.8 Å². The Labute approximate surface area is 194 Å². The van der Waals surface area contributed by atoms with Crippen molar-refractivity contribution in [1.29, 1.82) is 0 Å². The molecule has 0 spiro atoms. The van der Waals surface area contributed by atoms with Crippen molar-refractivity contribution in [2.24, 2.45) is 0 Å². The first kappa shape index (κ1) is 21.7. The number of thioether (sulfide) groups is 1. The van der Waals surface area contributed by atoms with Crippen LogP contribution in [0.5, 0.6) is 0 Å². The van der Waals surface area contributed by atoms with E-state index >= 15 is 0 Å². The predicted octanol–water partition coefficient (Wildman–Crippen LogP) is 1.81. The number of nitrogens with one attached hydrogen (secondary N) is 1. The number of nitrogens with zero attached hydrogens (tertiary/aromatic N) is 3. The summed E-state index contributed by atoms with van der Waals surface area (Å²) in [5, 5.41) is 3.41. The summed E-state index contributed by atoms with van der Waals surface area (Å²) in [5.74, 6) is -0.790. The molecule has 172 valence electrons. The number of benzene rings is 1. The van der Waals surface area contributed by atoms with Gasteiger partial charge in [0.25, 0.3) is 11.1 Å². The molecule has 0 unspecified atom stereocenters.